The smallest absolute Gasteiger partial charge is 0.317 e. The van der Waals surface area contributed by atoms with Crippen LogP contribution in [0.15, 0.2) is 48.5 Å². The zero-order chi connectivity index (χ0) is 26.2. The molecule has 1 saturated heterocycles. The van der Waals surface area contributed by atoms with Crippen LogP contribution in [0.3, 0.4) is 0 Å². The topological polar surface area (TPSA) is 91.4 Å². The number of hydrogen-bond acceptors (Lipinski definition) is 7. The molecule has 1 aliphatic heterocycles. The van der Waals surface area contributed by atoms with E-state index in [0.29, 0.717) is 41.9 Å². The normalized spacial score (nSPS) is 27.8. The van der Waals surface area contributed by atoms with E-state index in [-0.39, 0.29) is 36.4 Å². The maximum Gasteiger partial charge on any atom is 0.317 e. The molecule has 2 aromatic rings. The zero-order valence-electron chi connectivity index (χ0n) is 21.5. The van der Waals surface area contributed by atoms with Crippen molar-refractivity contribution in [2.45, 2.75) is 31.6 Å². The third-order valence-electron chi connectivity index (χ3n) is 8.47. The maximum absolute atomic E-state index is 13.1. The molecule has 8 nitrogen and oxygen atoms in total. The van der Waals surface area contributed by atoms with Gasteiger partial charge in [0, 0.05) is 18.7 Å². The molecule has 37 heavy (non-hydrogen) atoms. The van der Waals surface area contributed by atoms with Crippen LogP contribution in [0.5, 0.6) is 11.5 Å². The molecule has 3 fully saturated rings. The van der Waals surface area contributed by atoms with Crippen molar-refractivity contribution in [3.8, 4) is 11.5 Å². The minimum absolute atomic E-state index is 0.0795. The van der Waals surface area contributed by atoms with Crippen LogP contribution in [0, 0.1) is 16.7 Å². The van der Waals surface area contributed by atoms with Crippen molar-refractivity contribution < 1.29 is 33.3 Å². The Balaban J connectivity index is 1.22. The van der Waals surface area contributed by atoms with Crippen LogP contribution in [0.4, 0.5) is 0 Å². The summed E-state index contributed by atoms with van der Waals surface area (Å²) >= 11 is 0. The number of carbonyl (C=O) groups is 3. The molecule has 2 aliphatic carbocycles. The molecule has 8 heteroatoms. The maximum atomic E-state index is 13.1. The van der Waals surface area contributed by atoms with E-state index in [1.807, 2.05) is 24.3 Å². The van der Waals surface area contributed by atoms with Gasteiger partial charge in [0.2, 0.25) is 0 Å². The summed E-state index contributed by atoms with van der Waals surface area (Å²) in [6.45, 7) is 0.775. The number of rotatable bonds is 8. The van der Waals surface area contributed by atoms with Gasteiger partial charge in [0.25, 0.3) is 5.91 Å². The lowest BCUT2D eigenvalue weighted by molar-refractivity contribution is -0.153. The third kappa shape index (κ3) is 4.54. The monoisotopic (exact) mass is 507 g/mol. The average Bonchev–Trinajstić information content (AvgIpc) is 3.27. The number of carbonyl (C=O) groups excluding carboxylic acids is 3. The molecule has 3 aliphatic rings. The summed E-state index contributed by atoms with van der Waals surface area (Å²) in [4.78, 5) is 39.7. The fourth-order valence-corrected chi connectivity index (χ4v) is 6.18. The molecule has 0 spiro atoms. The number of amides is 1. The van der Waals surface area contributed by atoms with Crippen LogP contribution in [-0.2, 0) is 19.1 Å². The van der Waals surface area contributed by atoms with E-state index in [9.17, 15) is 14.4 Å². The number of nitrogens with zero attached hydrogens (tertiary/aromatic N) is 1. The molecule has 0 N–H and O–H groups in total. The first-order valence-electron chi connectivity index (χ1n) is 12.7. The van der Waals surface area contributed by atoms with Crippen molar-refractivity contribution in [2.75, 3.05) is 41.0 Å². The van der Waals surface area contributed by atoms with Crippen molar-refractivity contribution in [1.82, 2.24) is 4.90 Å². The number of benzene rings is 2. The molecule has 4 atom stereocenters. The largest absolute Gasteiger partial charge is 0.497 e. The summed E-state index contributed by atoms with van der Waals surface area (Å²) in [5.41, 5.74) is 0.507. The van der Waals surface area contributed by atoms with Crippen LogP contribution in [0.2, 0.25) is 0 Å². The van der Waals surface area contributed by atoms with Crippen molar-refractivity contribution in [3.63, 3.8) is 0 Å². The SMILES string of the molecule is COC(=O)C1(COc2ccc(C3CC4CC4(C(=O)OC)C3)cc2)CCN(C(=O)c2ccc(OC)cc2)C1. The second kappa shape index (κ2) is 9.72. The summed E-state index contributed by atoms with van der Waals surface area (Å²) in [5.74, 6) is 1.48. The second-order valence-electron chi connectivity index (χ2n) is 10.5. The molecule has 0 aromatic heterocycles. The minimum atomic E-state index is -0.935. The van der Waals surface area contributed by atoms with Crippen molar-refractivity contribution >= 4 is 17.8 Å². The number of methoxy groups -OCH3 is 3. The van der Waals surface area contributed by atoms with Gasteiger partial charge >= 0.3 is 11.9 Å². The van der Waals surface area contributed by atoms with Gasteiger partial charge in [-0.3, -0.25) is 14.4 Å². The van der Waals surface area contributed by atoms with E-state index in [0.717, 1.165) is 19.3 Å². The first-order chi connectivity index (χ1) is 17.8. The highest BCUT2D eigenvalue weighted by molar-refractivity contribution is 5.95. The second-order valence-corrected chi connectivity index (χ2v) is 10.5. The molecule has 4 unspecified atom stereocenters. The number of esters is 2. The van der Waals surface area contributed by atoms with Crippen LogP contribution in [0.25, 0.3) is 0 Å². The van der Waals surface area contributed by atoms with Gasteiger partial charge in [0.1, 0.15) is 23.5 Å². The molecule has 196 valence electrons. The van der Waals surface area contributed by atoms with Gasteiger partial charge in [-0.15, -0.1) is 0 Å². The van der Waals surface area contributed by atoms with E-state index in [1.165, 1.54) is 19.8 Å². The molecule has 0 bridgehead atoms. The summed E-state index contributed by atoms with van der Waals surface area (Å²) in [7, 11) is 4.40. The fourth-order valence-electron chi connectivity index (χ4n) is 6.18. The lowest BCUT2D eigenvalue weighted by Crippen LogP contribution is -2.42. The predicted octanol–water partition coefficient (Wildman–Crippen LogP) is 3.84. The van der Waals surface area contributed by atoms with Crippen LogP contribution >= 0.6 is 0 Å². The Kier molecular flexibility index (Phi) is 6.60. The Hall–Kier alpha value is -3.55. The van der Waals surface area contributed by atoms with E-state index in [4.69, 9.17) is 18.9 Å². The van der Waals surface area contributed by atoms with Gasteiger partial charge in [0.15, 0.2) is 0 Å². The Morgan fingerprint density at radius 1 is 0.892 bits per heavy atom. The third-order valence-corrected chi connectivity index (χ3v) is 8.47. The Labute approximate surface area is 216 Å². The first kappa shape index (κ1) is 25.1. The summed E-state index contributed by atoms with van der Waals surface area (Å²) in [5, 5.41) is 0. The highest BCUT2D eigenvalue weighted by atomic mass is 16.5. The number of likely N-dealkylation sites (tertiary alicyclic amines) is 1. The highest BCUT2D eigenvalue weighted by Crippen LogP contribution is 2.68. The molecular formula is C29H33NO7. The van der Waals surface area contributed by atoms with Crippen LogP contribution in [0.1, 0.15) is 47.5 Å². The van der Waals surface area contributed by atoms with E-state index < -0.39 is 5.41 Å². The summed E-state index contributed by atoms with van der Waals surface area (Å²) in [6.07, 6.45) is 3.22. The van der Waals surface area contributed by atoms with E-state index in [2.05, 4.69) is 0 Å². The van der Waals surface area contributed by atoms with Gasteiger partial charge in [-0.1, -0.05) is 12.1 Å². The van der Waals surface area contributed by atoms with E-state index >= 15 is 0 Å². The standard InChI is InChI=1S/C29H33NO7/c1-34-23-8-6-20(7-9-23)25(31)30-13-12-28(17-30,26(32)35-2)18-37-24-10-4-19(5-11-24)21-14-22-16-29(22,15-21)27(33)36-3/h4-11,21-22H,12-18H2,1-3H3. The molecule has 2 saturated carbocycles. The quantitative estimate of drug-likeness (QED) is 0.502. The average molecular weight is 508 g/mol. The van der Waals surface area contributed by atoms with Crippen molar-refractivity contribution in [3.05, 3.63) is 59.7 Å². The summed E-state index contributed by atoms with van der Waals surface area (Å²) < 4.78 is 21.4. The number of hydrogen-bond donors (Lipinski definition) is 0. The molecular weight excluding hydrogens is 474 g/mol. The number of fused-ring (bicyclic) bond motifs is 1. The lowest BCUT2D eigenvalue weighted by Gasteiger charge is -2.26. The number of ether oxygens (including phenoxy) is 4. The van der Waals surface area contributed by atoms with Crippen LogP contribution in [-0.4, -0.2) is 63.8 Å². The first-order valence-corrected chi connectivity index (χ1v) is 12.7. The van der Waals surface area contributed by atoms with Gasteiger partial charge in [-0.05, 0) is 79.5 Å². The lowest BCUT2D eigenvalue weighted by atomic mass is 9.88. The molecule has 0 radical (unpaired) electrons. The molecule has 1 heterocycles. The highest BCUT2D eigenvalue weighted by Gasteiger charge is 2.65. The fraction of sp³-hybridized carbons (Fsp3) is 0.483. The van der Waals surface area contributed by atoms with Gasteiger partial charge in [-0.2, -0.15) is 0 Å². The molecule has 5 rings (SSSR count). The van der Waals surface area contributed by atoms with Gasteiger partial charge in [-0.25, -0.2) is 0 Å². The van der Waals surface area contributed by atoms with Crippen molar-refractivity contribution in [1.29, 1.82) is 0 Å². The molecule has 2 aromatic carbocycles. The Morgan fingerprint density at radius 2 is 1.57 bits per heavy atom. The van der Waals surface area contributed by atoms with Gasteiger partial charge < -0.3 is 23.8 Å². The van der Waals surface area contributed by atoms with E-state index in [1.54, 1.807) is 36.3 Å². The van der Waals surface area contributed by atoms with Crippen molar-refractivity contribution in [2.24, 2.45) is 16.7 Å². The predicted molar refractivity (Wildman–Crippen MR) is 134 cm³/mol. The Morgan fingerprint density at radius 3 is 2.22 bits per heavy atom. The Bertz CT molecular complexity index is 1180. The van der Waals surface area contributed by atoms with Gasteiger partial charge in [0.05, 0.1) is 26.7 Å². The van der Waals surface area contributed by atoms with Crippen LogP contribution < -0.4 is 9.47 Å². The summed E-state index contributed by atoms with van der Waals surface area (Å²) in [6, 6.07) is 14.8. The minimum Gasteiger partial charge on any atom is -0.497 e. The zero-order valence-corrected chi connectivity index (χ0v) is 21.5. The molecule has 1 amide bonds.